The van der Waals surface area contributed by atoms with Crippen LogP contribution in [-0.4, -0.2) is 19.3 Å². The Morgan fingerprint density at radius 1 is 1.32 bits per heavy atom. The summed E-state index contributed by atoms with van der Waals surface area (Å²) in [5.74, 6) is 0. The van der Waals surface area contributed by atoms with E-state index in [1.807, 2.05) is 12.1 Å². The van der Waals surface area contributed by atoms with Crippen LogP contribution in [0.25, 0.3) is 0 Å². The normalized spacial score (nSPS) is 11.8. The highest BCUT2D eigenvalue weighted by atomic mass is 79.9. The average molecular weight is 340 g/mol. The molecule has 0 saturated heterocycles. The van der Waals surface area contributed by atoms with Crippen LogP contribution in [0.1, 0.15) is 24.5 Å². The van der Waals surface area contributed by atoms with Crippen molar-refractivity contribution in [2.24, 2.45) is 0 Å². The van der Waals surface area contributed by atoms with Crippen molar-refractivity contribution in [3.05, 3.63) is 33.8 Å². The summed E-state index contributed by atoms with van der Waals surface area (Å²) in [7, 11) is 0. The first-order valence-electron chi connectivity index (χ1n) is 6.05. The van der Waals surface area contributed by atoms with E-state index in [4.69, 9.17) is 0 Å². The van der Waals surface area contributed by atoms with Gasteiger partial charge in [-0.2, -0.15) is 13.2 Å². The molecule has 0 heterocycles. The van der Waals surface area contributed by atoms with E-state index >= 15 is 0 Å². The minimum atomic E-state index is -4.28. The van der Waals surface area contributed by atoms with E-state index in [1.54, 1.807) is 6.07 Å². The number of alkyl halides is 3. The number of benzene rings is 1. The lowest BCUT2D eigenvalue weighted by Gasteiger charge is -2.10. The second kappa shape index (κ2) is 7.87. The molecule has 0 aromatic heterocycles. The van der Waals surface area contributed by atoms with Gasteiger partial charge in [-0.1, -0.05) is 35.0 Å². The molecule has 2 nitrogen and oxygen atoms in total. The van der Waals surface area contributed by atoms with Crippen molar-refractivity contribution in [1.82, 2.24) is 5.32 Å². The maximum Gasteiger partial charge on any atom is 0.411 e. The van der Waals surface area contributed by atoms with Crippen molar-refractivity contribution in [2.45, 2.75) is 32.7 Å². The molecule has 1 aromatic rings. The van der Waals surface area contributed by atoms with Gasteiger partial charge in [-0.25, -0.2) is 0 Å². The van der Waals surface area contributed by atoms with Crippen molar-refractivity contribution in [3.8, 4) is 0 Å². The predicted octanol–water partition coefficient (Wildman–Crippen LogP) is 4.03. The van der Waals surface area contributed by atoms with E-state index in [9.17, 15) is 13.2 Å². The molecule has 1 N–H and O–H groups in total. The average Bonchev–Trinajstić information content (AvgIpc) is 2.31. The van der Waals surface area contributed by atoms with Crippen LogP contribution >= 0.6 is 15.9 Å². The van der Waals surface area contributed by atoms with Crippen LogP contribution in [-0.2, 0) is 17.9 Å². The summed E-state index contributed by atoms with van der Waals surface area (Å²) < 4.78 is 41.3. The molecule has 1 aromatic carbocycles. The minimum absolute atomic E-state index is 0.0528. The minimum Gasteiger partial charge on any atom is -0.367 e. The molecule has 0 bridgehead atoms. The SMILES string of the molecule is CCCNCc1ccc(COCC(F)(F)F)c(Br)c1. The van der Waals surface area contributed by atoms with Crippen LogP contribution in [0.2, 0.25) is 0 Å². The maximum absolute atomic E-state index is 12.0. The van der Waals surface area contributed by atoms with Gasteiger partial charge >= 0.3 is 6.18 Å². The van der Waals surface area contributed by atoms with Crippen LogP contribution in [0, 0.1) is 0 Å². The first kappa shape index (κ1) is 16.5. The number of hydrogen-bond donors (Lipinski definition) is 1. The van der Waals surface area contributed by atoms with E-state index in [0.717, 1.165) is 29.5 Å². The summed E-state index contributed by atoms with van der Waals surface area (Å²) in [6.07, 6.45) is -3.22. The third-order valence-electron chi connectivity index (χ3n) is 2.40. The summed E-state index contributed by atoms with van der Waals surface area (Å²) in [4.78, 5) is 0. The molecule has 1 rings (SSSR count). The first-order valence-corrected chi connectivity index (χ1v) is 6.84. The van der Waals surface area contributed by atoms with Gasteiger partial charge in [0.15, 0.2) is 0 Å². The van der Waals surface area contributed by atoms with Gasteiger partial charge in [0, 0.05) is 11.0 Å². The van der Waals surface area contributed by atoms with Gasteiger partial charge in [0.2, 0.25) is 0 Å². The molecule has 0 amide bonds. The molecule has 0 aliphatic carbocycles. The highest BCUT2D eigenvalue weighted by molar-refractivity contribution is 9.10. The second-order valence-corrected chi connectivity index (χ2v) is 5.06. The van der Waals surface area contributed by atoms with Gasteiger partial charge in [-0.15, -0.1) is 0 Å². The Labute approximate surface area is 119 Å². The van der Waals surface area contributed by atoms with Gasteiger partial charge in [0.25, 0.3) is 0 Å². The smallest absolute Gasteiger partial charge is 0.367 e. The van der Waals surface area contributed by atoms with Crippen molar-refractivity contribution in [3.63, 3.8) is 0 Å². The quantitative estimate of drug-likeness (QED) is 0.757. The van der Waals surface area contributed by atoms with E-state index in [-0.39, 0.29) is 6.61 Å². The lowest BCUT2D eigenvalue weighted by atomic mass is 10.1. The van der Waals surface area contributed by atoms with Gasteiger partial charge in [0.1, 0.15) is 6.61 Å². The largest absolute Gasteiger partial charge is 0.411 e. The molecule has 0 spiro atoms. The summed E-state index contributed by atoms with van der Waals surface area (Å²) in [6, 6.07) is 5.57. The predicted molar refractivity (Wildman–Crippen MR) is 71.9 cm³/mol. The Bertz CT molecular complexity index is 396. The lowest BCUT2D eigenvalue weighted by molar-refractivity contribution is -0.176. The van der Waals surface area contributed by atoms with Crippen LogP contribution in [0.4, 0.5) is 13.2 Å². The fourth-order valence-corrected chi connectivity index (χ4v) is 2.04. The highest BCUT2D eigenvalue weighted by Crippen LogP contribution is 2.21. The van der Waals surface area contributed by atoms with Crippen LogP contribution in [0.15, 0.2) is 22.7 Å². The molecule has 6 heteroatoms. The number of halogens is 4. The molecule has 0 radical (unpaired) electrons. The number of rotatable bonds is 7. The van der Waals surface area contributed by atoms with E-state index in [0.29, 0.717) is 5.56 Å². The van der Waals surface area contributed by atoms with E-state index in [2.05, 4.69) is 32.9 Å². The van der Waals surface area contributed by atoms with Gasteiger partial charge in [-0.3, -0.25) is 0 Å². The van der Waals surface area contributed by atoms with Crippen LogP contribution < -0.4 is 5.32 Å². The second-order valence-electron chi connectivity index (χ2n) is 4.21. The first-order chi connectivity index (χ1) is 8.92. The maximum atomic E-state index is 12.0. The Morgan fingerprint density at radius 2 is 2.05 bits per heavy atom. The lowest BCUT2D eigenvalue weighted by Crippen LogP contribution is -2.17. The fourth-order valence-electron chi connectivity index (χ4n) is 1.50. The summed E-state index contributed by atoms with van der Waals surface area (Å²) >= 11 is 3.35. The van der Waals surface area contributed by atoms with Crippen molar-refractivity contribution < 1.29 is 17.9 Å². The van der Waals surface area contributed by atoms with Gasteiger partial charge in [0.05, 0.1) is 6.61 Å². The third kappa shape index (κ3) is 6.94. The number of nitrogens with one attached hydrogen (secondary N) is 1. The molecule has 0 aliphatic rings. The zero-order valence-electron chi connectivity index (χ0n) is 10.7. The summed E-state index contributed by atoms with van der Waals surface area (Å²) in [5, 5.41) is 3.26. The van der Waals surface area contributed by atoms with Crippen LogP contribution in [0.5, 0.6) is 0 Å². The molecular formula is C13H17BrF3NO. The molecule has 108 valence electrons. The molecule has 0 fully saturated rings. The third-order valence-corrected chi connectivity index (χ3v) is 3.13. The van der Waals surface area contributed by atoms with E-state index in [1.165, 1.54) is 0 Å². The Hall–Kier alpha value is -0.590. The topological polar surface area (TPSA) is 21.3 Å². The van der Waals surface area contributed by atoms with Crippen molar-refractivity contribution >= 4 is 15.9 Å². The van der Waals surface area contributed by atoms with Crippen molar-refractivity contribution in [2.75, 3.05) is 13.2 Å². The van der Waals surface area contributed by atoms with Gasteiger partial charge in [-0.05, 0) is 30.2 Å². The Kier molecular flexibility index (Phi) is 6.82. The molecule has 0 unspecified atom stereocenters. The fraction of sp³-hybridized carbons (Fsp3) is 0.538. The Morgan fingerprint density at radius 3 is 2.63 bits per heavy atom. The number of ether oxygens (including phenoxy) is 1. The molecule has 0 atom stereocenters. The molecule has 0 aliphatic heterocycles. The molecule has 0 saturated carbocycles. The molecular weight excluding hydrogens is 323 g/mol. The van der Waals surface area contributed by atoms with E-state index < -0.39 is 12.8 Å². The zero-order chi connectivity index (χ0) is 14.3. The van der Waals surface area contributed by atoms with Crippen molar-refractivity contribution in [1.29, 1.82) is 0 Å². The summed E-state index contributed by atoms with van der Waals surface area (Å²) in [5.41, 5.74) is 1.79. The zero-order valence-corrected chi connectivity index (χ0v) is 12.3. The monoisotopic (exact) mass is 339 g/mol. The highest BCUT2D eigenvalue weighted by Gasteiger charge is 2.27. The Balaban J connectivity index is 2.48. The molecule has 19 heavy (non-hydrogen) atoms. The van der Waals surface area contributed by atoms with Gasteiger partial charge < -0.3 is 10.1 Å². The number of hydrogen-bond acceptors (Lipinski definition) is 2. The standard InChI is InChI=1S/C13H17BrF3NO/c1-2-5-18-7-10-3-4-11(12(14)6-10)8-19-9-13(15,16)17/h3-4,6,18H,2,5,7-9H2,1H3. The summed E-state index contributed by atoms with van der Waals surface area (Å²) in [6.45, 7) is 2.50. The van der Waals surface area contributed by atoms with Crippen LogP contribution in [0.3, 0.4) is 0 Å².